The summed E-state index contributed by atoms with van der Waals surface area (Å²) >= 11 is 6.93. The molecule has 0 aromatic heterocycles. The second kappa shape index (κ2) is 8.65. The van der Waals surface area contributed by atoms with E-state index in [0.29, 0.717) is 17.2 Å². The third-order valence-electron chi connectivity index (χ3n) is 3.86. The quantitative estimate of drug-likeness (QED) is 0.774. The van der Waals surface area contributed by atoms with Gasteiger partial charge in [-0.3, -0.25) is 9.69 Å². The van der Waals surface area contributed by atoms with Crippen molar-refractivity contribution >= 4 is 34.2 Å². The summed E-state index contributed by atoms with van der Waals surface area (Å²) in [7, 11) is 0. The smallest absolute Gasteiger partial charge is 0.228 e. The highest BCUT2D eigenvalue weighted by atomic mass is 32.2. The van der Waals surface area contributed by atoms with Crippen LogP contribution in [0.5, 0.6) is 0 Å². The Bertz CT molecular complexity index is 507. The Morgan fingerprint density at radius 2 is 2.14 bits per heavy atom. The molecule has 0 unspecified atom stereocenters. The van der Waals surface area contributed by atoms with Crippen molar-refractivity contribution in [1.29, 1.82) is 0 Å². The van der Waals surface area contributed by atoms with E-state index < -0.39 is 0 Å². The first-order valence-corrected chi connectivity index (χ1v) is 9.22. The summed E-state index contributed by atoms with van der Waals surface area (Å²) in [5.41, 5.74) is 1.22. The zero-order valence-corrected chi connectivity index (χ0v) is 14.5. The Morgan fingerprint density at radius 1 is 1.41 bits per heavy atom. The van der Waals surface area contributed by atoms with Gasteiger partial charge >= 0.3 is 0 Å². The summed E-state index contributed by atoms with van der Waals surface area (Å²) in [4.78, 5) is 14.2. The number of thiocarbonyl (C=S) groups is 1. The van der Waals surface area contributed by atoms with Crippen molar-refractivity contribution in [2.75, 3.05) is 5.75 Å². The maximum absolute atomic E-state index is 12.5. The van der Waals surface area contributed by atoms with Gasteiger partial charge in [0.25, 0.3) is 0 Å². The van der Waals surface area contributed by atoms with Gasteiger partial charge in [0, 0.05) is 12.2 Å². The average Bonchev–Trinajstić information content (AvgIpc) is 2.87. The van der Waals surface area contributed by atoms with E-state index in [0.717, 1.165) is 25.0 Å². The fraction of sp³-hybridized carbons (Fsp3) is 0.529. The zero-order valence-electron chi connectivity index (χ0n) is 12.9. The molecule has 0 spiro atoms. The Kier molecular flexibility index (Phi) is 6.86. The number of aliphatic hydroxyl groups is 1. The number of rotatable bonds is 7. The van der Waals surface area contributed by atoms with E-state index in [-0.39, 0.29) is 18.1 Å². The first-order chi connectivity index (χ1) is 10.6. The first kappa shape index (κ1) is 17.4. The van der Waals surface area contributed by atoms with Crippen molar-refractivity contribution in [2.24, 2.45) is 0 Å². The Balaban J connectivity index is 1.94. The van der Waals surface area contributed by atoms with Gasteiger partial charge in [-0.1, -0.05) is 67.7 Å². The first-order valence-electron chi connectivity index (χ1n) is 7.82. The summed E-state index contributed by atoms with van der Waals surface area (Å²) in [6.45, 7) is 2.03. The van der Waals surface area contributed by atoms with Crippen molar-refractivity contribution in [3.05, 3.63) is 35.9 Å². The molecule has 0 saturated carbocycles. The van der Waals surface area contributed by atoms with Crippen LogP contribution < -0.4 is 0 Å². The summed E-state index contributed by atoms with van der Waals surface area (Å²) in [5.74, 6) is 0.905. The lowest BCUT2D eigenvalue weighted by Gasteiger charge is -2.24. The van der Waals surface area contributed by atoms with Crippen LogP contribution in [0.3, 0.4) is 0 Å². The van der Waals surface area contributed by atoms with Gasteiger partial charge in [0.15, 0.2) is 0 Å². The minimum atomic E-state index is -0.384. The van der Waals surface area contributed by atoms with Gasteiger partial charge in [-0.15, -0.1) is 0 Å². The average molecular weight is 338 g/mol. The number of nitrogens with zero attached hydrogens (tertiary/aromatic N) is 1. The highest BCUT2D eigenvalue weighted by Gasteiger charge is 2.33. The molecule has 0 radical (unpaired) electrons. The molecule has 1 aliphatic heterocycles. The summed E-state index contributed by atoms with van der Waals surface area (Å²) in [5, 5.41) is 9.80. The topological polar surface area (TPSA) is 40.5 Å². The van der Waals surface area contributed by atoms with Crippen LogP contribution >= 0.6 is 24.0 Å². The summed E-state index contributed by atoms with van der Waals surface area (Å²) < 4.78 is 0.677. The number of carbonyl (C=O) groups is 1. The Labute approximate surface area is 142 Å². The fourth-order valence-electron chi connectivity index (χ4n) is 2.69. The predicted molar refractivity (Wildman–Crippen MR) is 96.0 cm³/mol. The molecule has 3 nitrogen and oxygen atoms in total. The number of hydrogen-bond donors (Lipinski definition) is 1. The maximum Gasteiger partial charge on any atom is 0.228 e. The number of thioether (sulfide) groups is 1. The van der Waals surface area contributed by atoms with Crippen LogP contribution in [0.25, 0.3) is 0 Å². The van der Waals surface area contributed by atoms with Crippen molar-refractivity contribution in [2.45, 2.75) is 51.2 Å². The second-order valence-electron chi connectivity index (χ2n) is 5.67. The number of hydrogen-bond acceptors (Lipinski definition) is 4. The molecule has 5 heteroatoms. The predicted octanol–water partition coefficient (Wildman–Crippen LogP) is 3.40. The molecule has 1 fully saturated rings. The number of benzene rings is 1. The minimum Gasteiger partial charge on any atom is -0.393 e. The molecule has 1 aliphatic rings. The van der Waals surface area contributed by atoms with Crippen LogP contribution in [-0.4, -0.2) is 38.1 Å². The Hall–Kier alpha value is -0.910. The molecule has 2 atom stereocenters. The van der Waals surface area contributed by atoms with Gasteiger partial charge < -0.3 is 5.11 Å². The van der Waals surface area contributed by atoms with Gasteiger partial charge in [-0.2, -0.15) is 0 Å². The molecule has 0 aliphatic carbocycles. The van der Waals surface area contributed by atoms with Crippen molar-refractivity contribution in [3.8, 4) is 0 Å². The largest absolute Gasteiger partial charge is 0.393 e. The SMILES string of the molecule is CCC[C@@H](O)CCC(=O)N1C(=S)SC[C@@H]1Cc1ccccc1. The van der Waals surface area contributed by atoms with E-state index in [1.165, 1.54) is 5.56 Å². The fourth-order valence-corrected chi connectivity index (χ4v) is 4.14. The summed E-state index contributed by atoms with van der Waals surface area (Å²) in [6.07, 6.45) is 3.02. The monoisotopic (exact) mass is 337 g/mol. The lowest BCUT2D eigenvalue weighted by Crippen LogP contribution is -2.40. The van der Waals surface area contributed by atoms with Crippen molar-refractivity contribution in [1.82, 2.24) is 4.90 Å². The molecule has 1 aromatic rings. The number of amides is 1. The van der Waals surface area contributed by atoms with Gasteiger partial charge in [0.05, 0.1) is 12.1 Å². The van der Waals surface area contributed by atoms with E-state index >= 15 is 0 Å². The van der Waals surface area contributed by atoms with Crippen LogP contribution in [0.4, 0.5) is 0 Å². The van der Waals surface area contributed by atoms with Crippen LogP contribution in [-0.2, 0) is 11.2 Å². The third-order valence-corrected chi connectivity index (χ3v) is 5.40. The lowest BCUT2D eigenvalue weighted by molar-refractivity contribution is -0.128. The van der Waals surface area contributed by atoms with Crippen molar-refractivity contribution < 1.29 is 9.90 Å². The van der Waals surface area contributed by atoms with Crippen LogP contribution in [0, 0.1) is 0 Å². The molecule has 1 heterocycles. The van der Waals surface area contributed by atoms with E-state index in [1.54, 1.807) is 16.7 Å². The lowest BCUT2D eigenvalue weighted by atomic mass is 10.0. The van der Waals surface area contributed by atoms with Crippen molar-refractivity contribution in [3.63, 3.8) is 0 Å². The number of aliphatic hydroxyl groups excluding tert-OH is 1. The van der Waals surface area contributed by atoms with Gasteiger partial charge in [0.1, 0.15) is 4.32 Å². The zero-order chi connectivity index (χ0) is 15.9. The Morgan fingerprint density at radius 3 is 2.82 bits per heavy atom. The second-order valence-corrected chi connectivity index (χ2v) is 7.32. The molecule has 1 saturated heterocycles. The van der Waals surface area contributed by atoms with Crippen LogP contribution in [0.15, 0.2) is 30.3 Å². The maximum atomic E-state index is 12.5. The summed E-state index contributed by atoms with van der Waals surface area (Å²) in [6, 6.07) is 10.3. The highest BCUT2D eigenvalue weighted by Crippen LogP contribution is 2.28. The van der Waals surface area contributed by atoms with Gasteiger partial charge in [-0.25, -0.2) is 0 Å². The molecule has 22 heavy (non-hydrogen) atoms. The molecule has 1 N–H and O–H groups in total. The van der Waals surface area contributed by atoms with Gasteiger partial charge in [0.2, 0.25) is 5.91 Å². The van der Waals surface area contributed by atoms with Gasteiger partial charge in [-0.05, 0) is 24.8 Å². The molecule has 1 amide bonds. The molecule has 1 aromatic carbocycles. The standard InChI is InChI=1S/C17H23NO2S2/c1-2-6-15(19)9-10-16(20)18-14(12-22-17(18)21)11-13-7-4-3-5-8-13/h3-5,7-8,14-15,19H,2,6,9-12H2,1H3/t14-,15+/m0/s1. The minimum absolute atomic E-state index is 0.0473. The molecule has 120 valence electrons. The normalized spacial score (nSPS) is 19.5. The molecule has 2 rings (SSSR count). The van der Waals surface area contributed by atoms with E-state index in [9.17, 15) is 9.90 Å². The molecular weight excluding hydrogens is 314 g/mol. The van der Waals surface area contributed by atoms with Crippen LogP contribution in [0.2, 0.25) is 0 Å². The van der Waals surface area contributed by atoms with E-state index in [2.05, 4.69) is 12.1 Å². The van der Waals surface area contributed by atoms with Crippen LogP contribution in [0.1, 0.15) is 38.2 Å². The van der Waals surface area contributed by atoms with E-state index in [1.807, 2.05) is 25.1 Å². The van der Waals surface area contributed by atoms with E-state index in [4.69, 9.17) is 12.2 Å². The third kappa shape index (κ3) is 4.80. The number of carbonyl (C=O) groups excluding carboxylic acids is 1. The highest BCUT2D eigenvalue weighted by molar-refractivity contribution is 8.23. The molecular formula is C17H23NO2S2. The molecule has 0 bridgehead atoms.